The summed E-state index contributed by atoms with van der Waals surface area (Å²) in [5, 5.41) is 0. The maximum atomic E-state index is 6.82. The van der Waals surface area contributed by atoms with Gasteiger partial charge >= 0.3 is 0 Å². The number of fused-ring (bicyclic) bond motifs is 1. The Morgan fingerprint density at radius 3 is 1.74 bits per heavy atom. The van der Waals surface area contributed by atoms with E-state index in [-0.39, 0.29) is 36.0 Å². The first-order valence-electron chi connectivity index (χ1n) is 13.7. The minimum absolute atomic E-state index is 0.00646. The molecule has 0 aromatic heterocycles. The summed E-state index contributed by atoms with van der Waals surface area (Å²) >= 11 is 1.70. The molecular formula is C34H34O4S. The van der Waals surface area contributed by atoms with Crippen molar-refractivity contribution >= 4 is 11.8 Å². The molecule has 0 aliphatic carbocycles. The predicted octanol–water partition coefficient (Wildman–Crippen LogP) is 7.59. The molecule has 6 rings (SSSR count). The minimum atomic E-state index is -0.324. The first-order valence-corrected chi connectivity index (χ1v) is 14.6. The predicted molar refractivity (Wildman–Crippen MR) is 154 cm³/mol. The van der Waals surface area contributed by atoms with Gasteiger partial charge < -0.3 is 18.9 Å². The first kappa shape index (κ1) is 26.3. The van der Waals surface area contributed by atoms with Gasteiger partial charge in [-0.05, 0) is 41.7 Å². The fraction of sp³-hybridized carbons (Fsp3) is 0.294. The molecule has 0 saturated carbocycles. The van der Waals surface area contributed by atoms with E-state index >= 15 is 0 Å². The molecule has 0 amide bonds. The molecule has 0 spiro atoms. The van der Waals surface area contributed by atoms with Crippen molar-refractivity contribution in [1.82, 2.24) is 0 Å². The molecule has 0 bridgehead atoms. The zero-order valence-corrected chi connectivity index (χ0v) is 22.7. The average Bonchev–Trinajstić information content (AvgIpc) is 3.01. The maximum absolute atomic E-state index is 6.82. The number of rotatable bonds is 9. The van der Waals surface area contributed by atoms with Crippen molar-refractivity contribution in [3.05, 3.63) is 138 Å². The van der Waals surface area contributed by atoms with Crippen molar-refractivity contribution in [1.29, 1.82) is 0 Å². The van der Waals surface area contributed by atoms with Crippen molar-refractivity contribution in [2.45, 2.75) is 66.9 Å². The Labute approximate surface area is 235 Å². The topological polar surface area (TPSA) is 36.9 Å². The lowest BCUT2D eigenvalue weighted by atomic mass is 9.90. The standard InChI is InChI=1S/C34H34O4S/c1-5-13-25(14-6-1)23-35-32-31-30(22-21-29(37-31)27-17-9-3-10-18-27)38-34(39-28-19-11-4-12-20-28)33(32)36-24-26-15-7-2-8-16-26/h1-20,29-34H,21-24H2/t29?,30-,31-,32+,33+,34-/m1/s1. The van der Waals surface area contributed by atoms with Crippen molar-refractivity contribution < 1.29 is 18.9 Å². The Morgan fingerprint density at radius 2 is 1.13 bits per heavy atom. The van der Waals surface area contributed by atoms with Crippen LogP contribution in [0.5, 0.6) is 0 Å². The summed E-state index contributed by atoms with van der Waals surface area (Å²) in [7, 11) is 0. The van der Waals surface area contributed by atoms with Crippen LogP contribution in [0.3, 0.4) is 0 Å². The van der Waals surface area contributed by atoms with Gasteiger partial charge in [0.1, 0.15) is 23.7 Å². The lowest BCUT2D eigenvalue weighted by Gasteiger charge is -2.49. The highest BCUT2D eigenvalue weighted by Crippen LogP contribution is 2.43. The van der Waals surface area contributed by atoms with E-state index in [1.54, 1.807) is 11.8 Å². The third kappa shape index (κ3) is 6.63. The van der Waals surface area contributed by atoms with Gasteiger partial charge in [0.2, 0.25) is 0 Å². The van der Waals surface area contributed by atoms with Gasteiger partial charge in [0.25, 0.3) is 0 Å². The van der Waals surface area contributed by atoms with Crippen molar-refractivity contribution in [3.8, 4) is 0 Å². The summed E-state index contributed by atoms with van der Waals surface area (Å²) in [6.07, 6.45) is 0.911. The highest BCUT2D eigenvalue weighted by Gasteiger charge is 2.51. The second kappa shape index (κ2) is 12.9. The second-order valence-electron chi connectivity index (χ2n) is 10.1. The normalized spacial score (nSPS) is 26.6. The van der Waals surface area contributed by atoms with Crippen LogP contribution in [0, 0.1) is 0 Å². The minimum Gasteiger partial charge on any atom is -0.368 e. The van der Waals surface area contributed by atoms with Crippen LogP contribution in [0.2, 0.25) is 0 Å². The molecule has 2 saturated heterocycles. The Bertz CT molecular complexity index is 1270. The van der Waals surface area contributed by atoms with Gasteiger partial charge in [0.15, 0.2) is 0 Å². The number of benzene rings is 4. The number of thioether (sulfide) groups is 1. The van der Waals surface area contributed by atoms with E-state index in [1.807, 2.05) is 48.5 Å². The van der Waals surface area contributed by atoms with Gasteiger partial charge in [-0.3, -0.25) is 0 Å². The summed E-state index contributed by atoms with van der Waals surface area (Å²) in [6, 6.07) is 41.5. The zero-order valence-electron chi connectivity index (χ0n) is 21.9. The van der Waals surface area contributed by atoms with Gasteiger partial charge in [-0.1, -0.05) is 121 Å². The summed E-state index contributed by atoms with van der Waals surface area (Å²) in [5.41, 5.74) is 3.22. The van der Waals surface area contributed by atoms with Crippen LogP contribution in [0.1, 0.15) is 35.6 Å². The summed E-state index contributed by atoms with van der Waals surface area (Å²) < 4.78 is 27.1. The van der Waals surface area contributed by atoms with Gasteiger partial charge in [-0.15, -0.1) is 0 Å². The van der Waals surface area contributed by atoms with Crippen LogP contribution in [0.4, 0.5) is 0 Å². The largest absolute Gasteiger partial charge is 0.368 e. The van der Waals surface area contributed by atoms with Crippen LogP contribution in [-0.4, -0.2) is 29.9 Å². The lowest BCUT2D eigenvalue weighted by molar-refractivity contribution is -0.270. The number of hydrogen-bond donors (Lipinski definition) is 0. The lowest BCUT2D eigenvalue weighted by Crippen LogP contribution is -2.60. The third-order valence-corrected chi connectivity index (χ3v) is 8.52. The molecule has 200 valence electrons. The highest BCUT2D eigenvalue weighted by atomic mass is 32.2. The first-order chi connectivity index (χ1) is 19.3. The van der Waals surface area contributed by atoms with Gasteiger partial charge in [-0.2, -0.15) is 0 Å². The van der Waals surface area contributed by atoms with E-state index in [2.05, 4.69) is 72.8 Å². The summed E-state index contributed by atoms with van der Waals surface area (Å²) in [5.74, 6) is 0. The second-order valence-corrected chi connectivity index (χ2v) is 11.2. The SMILES string of the molecule is c1ccc(CO[C@@H]2[C@H](OCc3ccccc3)[C@@H](Sc3ccccc3)O[C@@H]3CCC(c4ccccc4)O[C@@H]23)cc1. The summed E-state index contributed by atoms with van der Waals surface area (Å²) in [4.78, 5) is 1.15. The smallest absolute Gasteiger partial charge is 0.136 e. The zero-order chi connectivity index (χ0) is 26.3. The monoisotopic (exact) mass is 538 g/mol. The summed E-state index contributed by atoms with van der Waals surface area (Å²) in [6.45, 7) is 0.966. The van der Waals surface area contributed by atoms with Gasteiger partial charge in [-0.25, -0.2) is 0 Å². The van der Waals surface area contributed by atoms with Crippen molar-refractivity contribution in [3.63, 3.8) is 0 Å². The molecule has 2 heterocycles. The Kier molecular flexibility index (Phi) is 8.73. The Morgan fingerprint density at radius 1 is 0.590 bits per heavy atom. The Hall–Kier alpha value is -2.93. The molecule has 1 unspecified atom stereocenters. The molecule has 4 nitrogen and oxygen atoms in total. The molecule has 0 radical (unpaired) electrons. The van der Waals surface area contributed by atoms with E-state index in [1.165, 1.54) is 5.56 Å². The van der Waals surface area contributed by atoms with E-state index in [0.29, 0.717) is 13.2 Å². The number of hydrogen-bond acceptors (Lipinski definition) is 5. The van der Waals surface area contributed by atoms with Crippen LogP contribution in [0.25, 0.3) is 0 Å². The van der Waals surface area contributed by atoms with Crippen LogP contribution in [0.15, 0.2) is 126 Å². The highest BCUT2D eigenvalue weighted by molar-refractivity contribution is 7.99. The van der Waals surface area contributed by atoms with Crippen molar-refractivity contribution in [2.24, 2.45) is 0 Å². The molecule has 2 aliphatic rings. The molecule has 6 atom stereocenters. The molecule has 4 aromatic carbocycles. The molecule has 4 aromatic rings. The molecule has 39 heavy (non-hydrogen) atoms. The van der Waals surface area contributed by atoms with E-state index in [9.17, 15) is 0 Å². The van der Waals surface area contributed by atoms with E-state index in [4.69, 9.17) is 18.9 Å². The van der Waals surface area contributed by atoms with Crippen LogP contribution >= 0.6 is 11.8 Å². The van der Waals surface area contributed by atoms with E-state index < -0.39 is 0 Å². The molecule has 0 N–H and O–H groups in total. The molecule has 5 heteroatoms. The molecular weight excluding hydrogens is 504 g/mol. The maximum Gasteiger partial charge on any atom is 0.136 e. The average molecular weight is 539 g/mol. The van der Waals surface area contributed by atoms with Crippen LogP contribution < -0.4 is 0 Å². The van der Waals surface area contributed by atoms with Gasteiger partial charge in [0, 0.05) is 4.90 Å². The fourth-order valence-electron chi connectivity index (χ4n) is 5.39. The quantitative estimate of drug-likeness (QED) is 0.219. The Balaban J connectivity index is 1.30. The molecule has 2 aliphatic heterocycles. The third-order valence-electron chi connectivity index (χ3n) is 7.36. The van der Waals surface area contributed by atoms with Crippen LogP contribution in [-0.2, 0) is 32.2 Å². The van der Waals surface area contributed by atoms with Gasteiger partial charge in [0.05, 0.1) is 25.4 Å². The van der Waals surface area contributed by atoms with E-state index in [0.717, 1.165) is 28.9 Å². The fourth-order valence-corrected chi connectivity index (χ4v) is 6.54. The number of ether oxygens (including phenoxy) is 4. The van der Waals surface area contributed by atoms with Crippen molar-refractivity contribution in [2.75, 3.05) is 0 Å². The molecule has 2 fully saturated rings.